The summed E-state index contributed by atoms with van der Waals surface area (Å²) < 4.78 is 9.92. The van der Waals surface area contributed by atoms with Crippen molar-refractivity contribution in [2.24, 2.45) is 0 Å². The molecule has 0 saturated heterocycles. The van der Waals surface area contributed by atoms with Crippen LogP contribution in [0.15, 0.2) is 42.5 Å². The highest BCUT2D eigenvalue weighted by atomic mass is 16.6. The van der Waals surface area contributed by atoms with E-state index in [9.17, 15) is 4.79 Å². The number of carbonyl (C=O) groups is 1. The molecule has 3 nitrogen and oxygen atoms in total. The molecule has 0 N–H and O–H groups in total. The smallest absolute Gasteiger partial charge is 0.343 e. The fraction of sp³-hybridized carbons (Fsp3) is 0.154. The number of benzene rings is 2. The third kappa shape index (κ3) is 2.14. The minimum Gasteiger partial charge on any atom is -0.481 e. The first-order valence-electron chi connectivity index (χ1n) is 4.98. The topological polar surface area (TPSA) is 35.5 Å². The molecule has 0 amide bonds. The van der Waals surface area contributed by atoms with Crippen molar-refractivity contribution in [2.45, 2.75) is 0 Å². The van der Waals surface area contributed by atoms with E-state index in [0.29, 0.717) is 5.75 Å². The molecule has 82 valence electrons. The van der Waals surface area contributed by atoms with Gasteiger partial charge in [-0.15, -0.1) is 0 Å². The average molecular weight is 216 g/mol. The summed E-state index contributed by atoms with van der Waals surface area (Å²) in [5.74, 6) is 0.316. The first-order valence-corrected chi connectivity index (χ1v) is 4.98. The van der Waals surface area contributed by atoms with Crippen LogP contribution in [0.3, 0.4) is 0 Å². The molecule has 0 spiro atoms. The molecule has 16 heavy (non-hydrogen) atoms. The minimum atomic E-state index is -0.382. The number of hydrogen-bond donors (Lipinski definition) is 0. The Hall–Kier alpha value is -2.03. The lowest BCUT2D eigenvalue weighted by molar-refractivity contribution is -0.142. The van der Waals surface area contributed by atoms with Crippen LogP contribution in [0.2, 0.25) is 0 Å². The van der Waals surface area contributed by atoms with E-state index in [4.69, 9.17) is 4.74 Å². The second-order valence-corrected chi connectivity index (χ2v) is 3.34. The molecule has 0 aromatic heterocycles. The van der Waals surface area contributed by atoms with Crippen molar-refractivity contribution in [2.75, 3.05) is 13.7 Å². The molecule has 3 heteroatoms. The van der Waals surface area contributed by atoms with Gasteiger partial charge in [0.15, 0.2) is 6.61 Å². The highest BCUT2D eigenvalue weighted by molar-refractivity contribution is 5.88. The van der Waals surface area contributed by atoms with Crippen molar-refractivity contribution in [1.29, 1.82) is 0 Å². The molecule has 0 radical (unpaired) electrons. The van der Waals surface area contributed by atoms with E-state index in [-0.39, 0.29) is 12.6 Å². The Morgan fingerprint density at radius 1 is 1.12 bits per heavy atom. The SMILES string of the molecule is COC(=O)COc1cccc2ccccc12. The zero-order valence-electron chi connectivity index (χ0n) is 8.97. The van der Waals surface area contributed by atoms with Crippen molar-refractivity contribution in [1.82, 2.24) is 0 Å². The Morgan fingerprint density at radius 3 is 2.69 bits per heavy atom. The van der Waals surface area contributed by atoms with Crippen LogP contribution in [0.5, 0.6) is 5.75 Å². The lowest BCUT2D eigenvalue weighted by Crippen LogP contribution is -2.12. The zero-order valence-corrected chi connectivity index (χ0v) is 8.97. The summed E-state index contributed by atoms with van der Waals surface area (Å²) in [5, 5.41) is 2.08. The zero-order chi connectivity index (χ0) is 11.4. The lowest BCUT2D eigenvalue weighted by atomic mass is 10.1. The largest absolute Gasteiger partial charge is 0.481 e. The van der Waals surface area contributed by atoms with Crippen molar-refractivity contribution >= 4 is 16.7 Å². The predicted molar refractivity (Wildman–Crippen MR) is 61.5 cm³/mol. The Labute approximate surface area is 93.6 Å². The summed E-state index contributed by atoms with van der Waals surface area (Å²) in [6, 6.07) is 13.6. The monoisotopic (exact) mass is 216 g/mol. The van der Waals surface area contributed by atoms with Gasteiger partial charge in [-0.25, -0.2) is 4.79 Å². The van der Waals surface area contributed by atoms with E-state index in [1.165, 1.54) is 7.11 Å². The number of esters is 1. The van der Waals surface area contributed by atoms with Gasteiger partial charge < -0.3 is 9.47 Å². The van der Waals surface area contributed by atoms with Crippen molar-refractivity contribution in [3.63, 3.8) is 0 Å². The molecule has 0 atom stereocenters. The summed E-state index contributed by atoms with van der Waals surface area (Å²) in [6.45, 7) is -0.0650. The molecular formula is C13H12O3. The van der Waals surface area contributed by atoms with Gasteiger partial charge in [0.05, 0.1) is 7.11 Å². The number of rotatable bonds is 3. The summed E-state index contributed by atoms with van der Waals surface area (Å²) in [7, 11) is 1.34. The molecule has 0 aliphatic heterocycles. The van der Waals surface area contributed by atoms with Gasteiger partial charge in [-0.2, -0.15) is 0 Å². The van der Waals surface area contributed by atoms with Crippen LogP contribution in [0.1, 0.15) is 0 Å². The van der Waals surface area contributed by atoms with Gasteiger partial charge in [-0.05, 0) is 11.5 Å². The molecule has 0 bridgehead atoms. The highest BCUT2D eigenvalue weighted by Gasteiger charge is 2.04. The number of carbonyl (C=O) groups excluding carboxylic acids is 1. The van der Waals surface area contributed by atoms with Gasteiger partial charge in [0.2, 0.25) is 0 Å². The second-order valence-electron chi connectivity index (χ2n) is 3.34. The van der Waals surface area contributed by atoms with Crippen LogP contribution >= 0.6 is 0 Å². The van der Waals surface area contributed by atoms with Crippen LogP contribution < -0.4 is 4.74 Å². The fourth-order valence-electron chi connectivity index (χ4n) is 1.52. The Kier molecular flexibility index (Phi) is 3.05. The molecule has 0 saturated carbocycles. The maximum atomic E-state index is 11.0. The number of fused-ring (bicyclic) bond motifs is 1. The fourth-order valence-corrected chi connectivity index (χ4v) is 1.52. The van der Waals surface area contributed by atoms with Gasteiger partial charge in [0.1, 0.15) is 5.75 Å². The standard InChI is InChI=1S/C13H12O3/c1-15-13(14)9-16-12-8-4-6-10-5-2-3-7-11(10)12/h2-8H,9H2,1H3. The molecular weight excluding hydrogens is 204 g/mol. The van der Waals surface area contributed by atoms with Crippen LogP contribution in [-0.4, -0.2) is 19.7 Å². The number of methoxy groups -OCH3 is 1. The highest BCUT2D eigenvalue weighted by Crippen LogP contribution is 2.24. The van der Waals surface area contributed by atoms with Gasteiger partial charge in [0, 0.05) is 5.39 Å². The Bertz CT molecular complexity index is 500. The van der Waals surface area contributed by atoms with E-state index in [2.05, 4.69) is 4.74 Å². The molecule has 0 aliphatic rings. The Morgan fingerprint density at radius 2 is 1.88 bits per heavy atom. The predicted octanol–water partition coefficient (Wildman–Crippen LogP) is 2.39. The van der Waals surface area contributed by atoms with E-state index in [0.717, 1.165) is 10.8 Å². The molecule has 2 aromatic carbocycles. The van der Waals surface area contributed by atoms with Gasteiger partial charge in [-0.1, -0.05) is 36.4 Å². The molecule has 2 aromatic rings. The van der Waals surface area contributed by atoms with Crippen LogP contribution in [-0.2, 0) is 9.53 Å². The third-order valence-electron chi connectivity index (χ3n) is 2.32. The number of hydrogen-bond acceptors (Lipinski definition) is 3. The quantitative estimate of drug-likeness (QED) is 0.739. The molecule has 0 heterocycles. The van der Waals surface area contributed by atoms with E-state index < -0.39 is 0 Å². The summed E-state index contributed by atoms with van der Waals surface area (Å²) in [6.07, 6.45) is 0. The summed E-state index contributed by atoms with van der Waals surface area (Å²) in [4.78, 5) is 11.0. The second kappa shape index (κ2) is 4.66. The van der Waals surface area contributed by atoms with E-state index in [1.54, 1.807) is 0 Å². The summed E-state index contributed by atoms with van der Waals surface area (Å²) >= 11 is 0. The first-order chi connectivity index (χ1) is 7.81. The molecule has 0 unspecified atom stereocenters. The number of ether oxygens (including phenoxy) is 2. The Balaban J connectivity index is 2.27. The van der Waals surface area contributed by atoms with Gasteiger partial charge in [-0.3, -0.25) is 0 Å². The van der Waals surface area contributed by atoms with Crippen LogP contribution in [0.25, 0.3) is 10.8 Å². The van der Waals surface area contributed by atoms with E-state index in [1.807, 2.05) is 42.5 Å². The average Bonchev–Trinajstić information content (AvgIpc) is 2.35. The first kappa shape index (κ1) is 10.5. The molecule has 0 fully saturated rings. The van der Waals surface area contributed by atoms with Crippen molar-refractivity contribution in [3.05, 3.63) is 42.5 Å². The lowest BCUT2D eigenvalue weighted by Gasteiger charge is -2.07. The van der Waals surface area contributed by atoms with Crippen molar-refractivity contribution in [3.8, 4) is 5.75 Å². The molecule has 2 rings (SSSR count). The third-order valence-corrected chi connectivity index (χ3v) is 2.32. The molecule has 0 aliphatic carbocycles. The van der Waals surface area contributed by atoms with Crippen molar-refractivity contribution < 1.29 is 14.3 Å². The van der Waals surface area contributed by atoms with Crippen LogP contribution in [0.4, 0.5) is 0 Å². The summed E-state index contributed by atoms with van der Waals surface area (Å²) in [5.41, 5.74) is 0. The van der Waals surface area contributed by atoms with Crippen LogP contribution in [0, 0.1) is 0 Å². The van der Waals surface area contributed by atoms with E-state index >= 15 is 0 Å². The maximum absolute atomic E-state index is 11.0. The van der Waals surface area contributed by atoms with Gasteiger partial charge >= 0.3 is 5.97 Å². The van der Waals surface area contributed by atoms with Gasteiger partial charge in [0.25, 0.3) is 0 Å². The minimum absolute atomic E-state index is 0.0650. The maximum Gasteiger partial charge on any atom is 0.343 e. The normalized spacial score (nSPS) is 10.1.